The van der Waals surface area contributed by atoms with Gasteiger partial charge in [0.2, 0.25) is 0 Å². The molecular weight excluding hydrogens is 346 g/mol. The van der Waals surface area contributed by atoms with Crippen molar-refractivity contribution in [2.45, 2.75) is 32.1 Å². The van der Waals surface area contributed by atoms with E-state index in [2.05, 4.69) is 10.3 Å². The molecule has 3 nitrogen and oxygen atoms in total. The molecule has 0 spiro atoms. The molecule has 2 rings (SSSR count). The molecule has 0 heterocycles. The Kier molecular flexibility index (Phi) is 10.1. The lowest BCUT2D eigenvalue weighted by Gasteiger charge is -2.20. The third kappa shape index (κ3) is 7.29. The second-order valence-corrected chi connectivity index (χ2v) is 6.75. The molecule has 0 atom stereocenters. The van der Waals surface area contributed by atoms with Crippen LogP contribution >= 0.6 is 35.1 Å². The van der Waals surface area contributed by atoms with Crippen LogP contribution < -0.4 is 10.3 Å². The Morgan fingerprint density at radius 1 is 1.32 bits per heavy atom. The number of aldehydes is 1. The summed E-state index contributed by atoms with van der Waals surface area (Å²) in [6, 6.07) is 2.46. The molecule has 0 bridgehead atoms. The number of carbonyl (C=O) groups excluding carboxylic acids is 1. The number of hydrogen-bond donors (Lipinski definition) is 2. The van der Waals surface area contributed by atoms with Crippen LogP contribution in [0.4, 0.5) is 4.39 Å². The summed E-state index contributed by atoms with van der Waals surface area (Å²) in [6.45, 7) is 0. The van der Waals surface area contributed by atoms with E-state index in [0.29, 0.717) is 6.29 Å². The van der Waals surface area contributed by atoms with E-state index >= 15 is 0 Å². The summed E-state index contributed by atoms with van der Waals surface area (Å²) in [5.74, 6) is 1.50. The van der Waals surface area contributed by atoms with Gasteiger partial charge in [-0.25, -0.2) is 9.22 Å². The topological polar surface area (TPSA) is 41.1 Å². The number of halogens is 3. The van der Waals surface area contributed by atoms with E-state index in [1.807, 2.05) is 7.05 Å². The largest absolute Gasteiger partial charge is 0.298 e. The van der Waals surface area contributed by atoms with E-state index in [0.717, 1.165) is 5.92 Å². The third-order valence-corrected chi connectivity index (χ3v) is 4.85. The number of benzene rings is 1. The fourth-order valence-corrected chi connectivity index (χ4v) is 3.55. The van der Waals surface area contributed by atoms with Gasteiger partial charge in [0.05, 0.1) is 10.6 Å². The Labute approximate surface area is 145 Å². The predicted octanol–water partition coefficient (Wildman–Crippen LogP) is 4.88. The van der Waals surface area contributed by atoms with Gasteiger partial charge >= 0.3 is 0 Å². The van der Waals surface area contributed by atoms with E-state index < -0.39 is 5.82 Å². The summed E-state index contributed by atoms with van der Waals surface area (Å²) in [5, 5.41) is 0.109. The van der Waals surface area contributed by atoms with E-state index in [9.17, 15) is 9.18 Å². The van der Waals surface area contributed by atoms with Crippen LogP contribution in [0.5, 0.6) is 0 Å². The van der Waals surface area contributed by atoms with Crippen LogP contribution in [0.15, 0.2) is 12.1 Å². The van der Waals surface area contributed by atoms with Crippen LogP contribution in [-0.2, 0) is 0 Å². The van der Waals surface area contributed by atoms with Crippen molar-refractivity contribution < 1.29 is 9.18 Å². The maximum absolute atomic E-state index is 12.8. The van der Waals surface area contributed by atoms with Crippen LogP contribution in [0.2, 0.25) is 10.0 Å². The molecule has 0 unspecified atom stereocenters. The first-order valence-electron chi connectivity index (χ1n) is 7.21. The normalized spacial score (nSPS) is 15.1. The molecule has 0 radical (unpaired) electrons. The zero-order chi connectivity index (χ0) is 16.4. The third-order valence-electron chi connectivity index (χ3n) is 3.37. The Morgan fingerprint density at radius 3 is 2.59 bits per heavy atom. The Bertz CT molecular complexity index is 471. The van der Waals surface area contributed by atoms with Crippen molar-refractivity contribution >= 4 is 41.4 Å². The summed E-state index contributed by atoms with van der Waals surface area (Å²) in [4.78, 5) is 13.2. The molecule has 0 aromatic heterocycles. The Morgan fingerprint density at radius 2 is 2.00 bits per heavy atom. The SMILES string of the molecule is CNNSCC1CCCCC1.O=Cc1cc(Cl)cc(Cl)c1F. The van der Waals surface area contributed by atoms with Crippen molar-refractivity contribution in [2.75, 3.05) is 12.8 Å². The molecule has 124 valence electrons. The highest BCUT2D eigenvalue weighted by Gasteiger charge is 2.12. The van der Waals surface area contributed by atoms with Gasteiger partial charge in [0.15, 0.2) is 12.1 Å². The molecule has 1 aliphatic carbocycles. The van der Waals surface area contributed by atoms with Crippen molar-refractivity contribution in [3.8, 4) is 0 Å². The molecule has 1 saturated carbocycles. The number of hydrogen-bond acceptors (Lipinski definition) is 4. The summed E-state index contributed by atoms with van der Waals surface area (Å²) in [7, 11) is 1.91. The van der Waals surface area contributed by atoms with Crippen molar-refractivity contribution in [2.24, 2.45) is 5.92 Å². The van der Waals surface area contributed by atoms with Crippen molar-refractivity contribution in [3.05, 3.63) is 33.6 Å². The quantitative estimate of drug-likeness (QED) is 0.256. The standard InChI is InChI=1S/C8H18N2S.C7H3Cl2FO/c1-9-10-11-7-8-5-3-2-4-6-8;8-5-1-4(3-11)7(10)6(9)2-5/h8-10H,2-7H2,1H3;1-3H. The molecule has 22 heavy (non-hydrogen) atoms. The van der Waals surface area contributed by atoms with Gasteiger partial charge in [0.1, 0.15) is 0 Å². The van der Waals surface area contributed by atoms with Crippen LogP contribution in [0.25, 0.3) is 0 Å². The number of carbonyl (C=O) groups is 1. The van der Waals surface area contributed by atoms with Gasteiger partial charge in [0, 0.05) is 10.8 Å². The summed E-state index contributed by atoms with van der Waals surface area (Å²) >= 11 is 12.7. The molecule has 1 aliphatic rings. The van der Waals surface area contributed by atoms with Gasteiger partial charge in [-0.2, -0.15) is 0 Å². The van der Waals surface area contributed by atoms with Gasteiger partial charge < -0.3 is 0 Å². The highest BCUT2D eigenvalue weighted by molar-refractivity contribution is 7.97. The zero-order valence-electron chi connectivity index (χ0n) is 12.5. The van der Waals surface area contributed by atoms with Gasteiger partial charge in [-0.1, -0.05) is 54.4 Å². The molecule has 1 aromatic rings. The van der Waals surface area contributed by atoms with Gasteiger partial charge in [0.25, 0.3) is 0 Å². The van der Waals surface area contributed by atoms with Crippen LogP contribution in [0.3, 0.4) is 0 Å². The van der Waals surface area contributed by atoms with Crippen molar-refractivity contribution in [1.82, 2.24) is 10.3 Å². The van der Waals surface area contributed by atoms with E-state index in [1.54, 1.807) is 11.9 Å². The predicted molar refractivity (Wildman–Crippen MR) is 93.0 cm³/mol. The minimum absolute atomic E-state index is 0.123. The lowest BCUT2D eigenvalue weighted by atomic mass is 9.91. The second-order valence-electron chi connectivity index (χ2n) is 5.08. The van der Waals surface area contributed by atoms with Crippen LogP contribution in [-0.4, -0.2) is 19.1 Å². The monoisotopic (exact) mass is 366 g/mol. The van der Waals surface area contributed by atoms with E-state index in [4.69, 9.17) is 23.2 Å². The number of rotatable bonds is 5. The van der Waals surface area contributed by atoms with Crippen LogP contribution in [0, 0.1) is 11.7 Å². The summed E-state index contributed by atoms with van der Waals surface area (Å²) in [5.41, 5.74) is 2.80. The summed E-state index contributed by atoms with van der Waals surface area (Å²) in [6.07, 6.45) is 7.61. The van der Waals surface area contributed by atoms with E-state index in [1.165, 1.54) is 50.0 Å². The average molecular weight is 367 g/mol. The first-order valence-corrected chi connectivity index (χ1v) is 8.96. The maximum atomic E-state index is 12.8. The van der Waals surface area contributed by atoms with Gasteiger partial charge in [-0.3, -0.25) is 10.2 Å². The highest BCUT2D eigenvalue weighted by atomic mass is 35.5. The molecule has 2 N–H and O–H groups in total. The number of nitrogens with one attached hydrogen (secondary N) is 2. The first-order chi connectivity index (χ1) is 10.6. The fourth-order valence-electron chi connectivity index (χ4n) is 2.25. The average Bonchev–Trinajstić information content (AvgIpc) is 2.53. The summed E-state index contributed by atoms with van der Waals surface area (Å²) < 4.78 is 12.8. The highest BCUT2D eigenvalue weighted by Crippen LogP contribution is 2.25. The second kappa shape index (κ2) is 11.2. The Hall–Kier alpha value is -0.330. The molecule has 7 heteroatoms. The maximum Gasteiger partial charge on any atom is 0.153 e. The van der Waals surface area contributed by atoms with Crippen LogP contribution in [0.1, 0.15) is 42.5 Å². The van der Waals surface area contributed by atoms with Gasteiger partial charge in [-0.15, -0.1) is 0 Å². The smallest absolute Gasteiger partial charge is 0.153 e. The first kappa shape index (κ1) is 19.7. The fraction of sp³-hybridized carbons (Fsp3) is 0.533. The minimum Gasteiger partial charge on any atom is -0.298 e. The molecule has 0 aliphatic heterocycles. The molecule has 0 saturated heterocycles. The van der Waals surface area contributed by atoms with Crippen molar-refractivity contribution in [1.29, 1.82) is 0 Å². The molecule has 1 fully saturated rings. The zero-order valence-corrected chi connectivity index (χ0v) is 14.8. The minimum atomic E-state index is -0.730. The molecule has 1 aromatic carbocycles. The van der Waals surface area contributed by atoms with Gasteiger partial charge in [-0.05, 0) is 37.9 Å². The molecular formula is C15H21Cl2FN2OS. The lowest BCUT2D eigenvalue weighted by Crippen LogP contribution is -2.22. The van der Waals surface area contributed by atoms with Crippen molar-refractivity contribution in [3.63, 3.8) is 0 Å². The van der Waals surface area contributed by atoms with E-state index in [-0.39, 0.29) is 15.6 Å². The Balaban J connectivity index is 0.000000220. The lowest BCUT2D eigenvalue weighted by molar-refractivity contribution is 0.112. The number of hydrazine groups is 1. The molecule has 0 amide bonds.